The molecule has 12 heteroatoms. The summed E-state index contributed by atoms with van der Waals surface area (Å²) in [5.74, 6) is -0.464. The standard InChI is InChI=1S/C25H25Cl3N4O4S/c1-29(2)21-13-31(37(35,36)22-9-6-17(27)12-19(22)28)23-14-30(18-7-8-18)24(33)20(32(23)25(21)34)11-15-4-3-5-16(26)10-15/h3-6,9-10,12,14,18,20-21H,7-8,11,13H2,1-2H3. The highest BCUT2D eigenvalue weighted by Crippen LogP contribution is 2.39. The normalized spacial score (nSPS) is 22.4. The molecule has 2 amide bonds. The van der Waals surface area contributed by atoms with Gasteiger partial charge in [-0.25, -0.2) is 12.7 Å². The summed E-state index contributed by atoms with van der Waals surface area (Å²) in [5, 5.41) is 0.780. The second-order valence-corrected chi connectivity index (χ2v) is 12.7. The third-order valence-electron chi connectivity index (χ3n) is 6.81. The number of benzene rings is 2. The Bertz CT molecular complexity index is 1410. The molecule has 1 saturated carbocycles. The zero-order valence-electron chi connectivity index (χ0n) is 20.1. The van der Waals surface area contributed by atoms with Crippen LogP contribution in [-0.4, -0.2) is 78.0 Å². The highest BCUT2D eigenvalue weighted by molar-refractivity contribution is 7.89. The number of fused-ring (bicyclic) bond motifs is 1. The molecule has 0 bridgehead atoms. The lowest BCUT2D eigenvalue weighted by Crippen LogP contribution is -2.66. The van der Waals surface area contributed by atoms with Crippen LogP contribution in [0, 0.1) is 0 Å². The molecular weight excluding hydrogens is 559 g/mol. The molecular formula is C25H25Cl3N4O4S. The van der Waals surface area contributed by atoms with Gasteiger partial charge in [0.1, 0.15) is 22.8 Å². The molecule has 0 spiro atoms. The van der Waals surface area contributed by atoms with Crippen molar-refractivity contribution in [1.82, 2.24) is 19.0 Å². The minimum absolute atomic E-state index is 0.0284. The van der Waals surface area contributed by atoms with Gasteiger partial charge < -0.3 is 4.90 Å². The second-order valence-electron chi connectivity index (χ2n) is 9.61. The van der Waals surface area contributed by atoms with Crippen LogP contribution < -0.4 is 0 Å². The summed E-state index contributed by atoms with van der Waals surface area (Å²) in [7, 11) is -0.824. The Labute approximate surface area is 231 Å². The molecule has 2 heterocycles. The Kier molecular flexibility index (Phi) is 6.96. The number of rotatable bonds is 6. The summed E-state index contributed by atoms with van der Waals surface area (Å²) in [6.45, 7) is -0.133. The van der Waals surface area contributed by atoms with E-state index in [1.807, 2.05) is 6.07 Å². The number of carbonyl (C=O) groups excluding carboxylic acids is 2. The molecule has 2 atom stereocenters. The highest BCUT2D eigenvalue weighted by Gasteiger charge is 2.52. The summed E-state index contributed by atoms with van der Waals surface area (Å²) in [6.07, 6.45) is 3.30. The molecule has 1 saturated heterocycles. The number of hydrogen-bond donors (Lipinski definition) is 0. The third kappa shape index (κ3) is 4.83. The van der Waals surface area contributed by atoms with E-state index in [-0.39, 0.29) is 46.6 Å². The summed E-state index contributed by atoms with van der Waals surface area (Å²) < 4.78 is 29.2. The molecule has 37 heavy (non-hydrogen) atoms. The maximum Gasteiger partial charge on any atom is 0.267 e. The second kappa shape index (κ2) is 9.78. The van der Waals surface area contributed by atoms with Gasteiger partial charge in [0.25, 0.3) is 10.0 Å². The van der Waals surface area contributed by atoms with Crippen molar-refractivity contribution in [2.75, 3.05) is 20.6 Å². The minimum atomic E-state index is -4.22. The van der Waals surface area contributed by atoms with Crippen molar-refractivity contribution < 1.29 is 18.0 Å². The van der Waals surface area contributed by atoms with E-state index < -0.39 is 22.1 Å². The predicted octanol–water partition coefficient (Wildman–Crippen LogP) is 3.82. The Balaban J connectivity index is 1.65. The van der Waals surface area contributed by atoms with E-state index in [0.29, 0.717) is 10.0 Å². The van der Waals surface area contributed by atoms with E-state index in [4.69, 9.17) is 34.8 Å². The van der Waals surface area contributed by atoms with Gasteiger partial charge in [-0.15, -0.1) is 0 Å². The van der Waals surface area contributed by atoms with E-state index in [1.165, 1.54) is 33.6 Å². The fourth-order valence-corrected chi connectivity index (χ4v) is 7.16. The first-order valence-electron chi connectivity index (χ1n) is 11.7. The van der Waals surface area contributed by atoms with E-state index in [1.54, 1.807) is 42.1 Å². The molecule has 5 rings (SSSR count). The Hall–Kier alpha value is -2.30. The maximum atomic E-state index is 14.0. The van der Waals surface area contributed by atoms with Crippen LogP contribution in [0.25, 0.3) is 0 Å². The largest absolute Gasteiger partial charge is 0.311 e. The summed E-state index contributed by atoms with van der Waals surface area (Å²) in [4.78, 5) is 32.0. The molecule has 196 valence electrons. The fourth-order valence-electron chi connectivity index (χ4n) is 4.75. The van der Waals surface area contributed by atoms with Gasteiger partial charge >= 0.3 is 0 Å². The molecule has 8 nitrogen and oxygen atoms in total. The van der Waals surface area contributed by atoms with Gasteiger partial charge in [0.05, 0.1) is 11.6 Å². The number of amides is 2. The van der Waals surface area contributed by atoms with Crippen LogP contribution in [0.3, 0.4) is 0 Å². The molecule has 2 aliphatic heterocycles. The zero-order valence-corrected chi connectivity index (χ0v) is 23.2. The van der Waals surface area contributed by atoms with Gasteiger partial charge in [-0.1, -0.05) is 46.9 Å². The van der Waals surface area contributed by atoms with Crippen LogP contribution in [0.1, 0.15) is 18.4 Å². The average molecular weight is 584 g/mol. The van der Waals surface area contributed by atoms with Crippen molar-refractivity contribution in [1.29, 1.82) is 0 Å². The van der Waals surface area contributed by atoms with Crippen molar-refractivity contribution >= 4 is 56.6 Å². The van der Waals surface area contributed by atoms with E-state index >= 15 is 0 Å². The molecule has 3 aliphatic rings. The van der Waals surface area contributed by atoms with Crippen LogP contribution in [0.15, 0.2) is 59.4 Å². The van der Waals surface area contributed by atoms with Crippen LogP contribution in [-0.2, 0) is 26.0 Å². The molecule has 0 N–H and O–H groups in total. The van der Waals surface area contributed by atoms with E-state index in [2.05, 4.69) is 0 Å². The first kappa shape index (κ1) is 26.3. The number of nitrogens with zero attached hydrogens (tertiary/aromatic N) is 4. The van der Waals surface area contributed by atoms with E-state index in [9.17, 15) is 18.0 Å². The average Bonchev–Trinajstić information content (AvgIpc) is 3.65. The molecule has 0 aromatic heterocycles. The van der Waals surface area contributed by atoms with Gasteiger partial charge in [0.15, 0.2) is 0 Å². The number of sulfonamides is 1. The third-order valence-corrected chi connectivity index (χ3v) is 9.54. The molecule has 2 unspecified atom stereocenters. The van der Waals surface area contributed by atoms with Gasteiger partial charge in [-0.3, -0.25) is 19.4 Å². The highest BCUT2D eigenvalue weighted by atomic mass is 35.5. The lowest BCUT2D eigenvalue weighted by molar-refractivity contribution is -0.151. The monoisotopic (exact) mass is 582 g/mol. The van der Waals surface area contributed by atoms with Crippen molar-refractivity contribution in [3.63, 3.8) is 0 Å². The van der Waals surface area contributed by atoms with Crippen molar-refractivity contribution in [2.24, 2.45) is 0 Å². The maximum absolute atomic E-state index is 14.0. The lowest BCUT2D eigenvalue weighted by Gasteiger charge is -2.49. The Morgan fingerprint density at radius 3 is 2.30 bits per heavy atom. The lowest BCUT2D eigenvalue weighted by atomic mass is 9.99. The molecule has 2 aromatic rings. The van der Waals surface area contributed by atoms with Crippen LogP contribution >= 0.6 is 34.8 Å². The fraction of sp³-hybridized carbons (Fsp3) is 0.360. The van der Waals surface area contributed by atoms with Crippen LogP contribution in [0.5, 0.6) is 0 Å². The number of likely N-dealkylation sites (N-methyl/N-ethyl adjacent to an activating group) is 1. The molecule has 2 fully saturated rings. The van der Waals surface area contributed by atoms with Crippen LogP contribution in [0.2, 0.25) is 15.1 Å². The minimum Gasteiger partial charge on any atom is -0.311 e. The number of halogens is 3. The molecule has 2 aromatic carbocycles. The Morgan fingerprint density at radius 2 is 1.68 bits per heavy atom. The van der Waals surface area contributed by atoms with Crippen molar-refractivity contribution in [3.8, 4) is 0 Å². The van der Waals surface area contributed by atoms with Gasteiger partial charge in [-0.2, -0.15) is 0 Å². The Morgan fingerprint density at radius 1 is 0.973 bits per heavy atom. The number of carbonyl (C=O) groups is 2. The molecule has 0 radical (unpaired) electrons. The topological polar surface area (TPSA) is 81.2 Å². The van der Waals surface area contributed by atoms with Crippen LogP contribution in [0.4, 0.5) is 0 Å². The van der Waals surface area contributed by atoms with Gasteiger partial charge in [0, 0.05) is 28.7 Å². The van der Waals surface area contributed by atoms with E-state index in [0.717, 1.165) is 18.4 Å². The predicted molar refractivity (Wildman–Crippen MR) is 142 cm³/mol. The summed E-state index contributed by atoms with van der Waals surface area (Å²) >= 11 is 18.5. The summed E-state index contributed by atoms with van der Waals surface area (Å²) in [5.41, 5.74) is 0.762. The first-order chi connectivity index (χ1) is 17.5. The molecule has 1 aliphatic carbocycles. The SMILES string of the molecule is CN(C)C1CN(S(=O)(=O)c2ccc(Cl)cc2Cl)C2=CN(C3CC3)C(=O)C(Cc3cccc(Cl)c3)N2C1=O. The quantitative estimate of drug-likeness (QED) is 0.517. The van der Waals surface area contributed by atoms with Crippen molar-refractivity contribution in [2.45, 2.75) is 42.3 Å². The van der Waals surface area contributed by atoms with Gasteiger partial charge in [0.2, 0.25) is 11.8 Å². The number of hydrogen-bond acceptors (Lipinski definition) is 5. The van der Waals surface area contributed by atoms with Gasteiger partial charge in [-0.05, 0) is 62.8 Å². The van der Waals surface area contributed by atoms with Crippen molar-refractivity contribution in [3.05, 3.63) is 75.1 Å². The smallest absolute Gasteiger partial charge is 0.267 e. The zero-order chi connectivity index (χ0) is 26.6. The summed E-state index contributed by atoms with van der Waals surface area (Å²) in [6, 6.07) is 9.46. The first-order valence-corrected chi connectivity index (χ1v) is 14.3.